The summed E-state index contributed by atoms with van der Waals surface area (Å²) >= 11 is 0. The van der Waals surface area contributed by atoms with Crippen LogP contribution in [0.1, 0.15) is 38.5 Å². The molecule has 1 aliphatic carbocycles. The topological polar surface area (TPSA) is 49.5 Å². The number of aliphatic hydroxyl groups is 1. The maximum atomic E-state index is 9.59. The minimum atomic E-state index is -0.0910. The van der Waals surface area contributed by atoms with E-state index in [-0.39, 0.29) is 6.10 Å². The molecule has 15 heavy (non-hydrogen) atoms. The average molecular weight is 212 g/mol. The molecule has 88 valence electrons. The Kier molecular flexibility index (Phi) is 4.00. The third kappa shape index (κ3) is 2.71. The van der Waals surface area contributed by atoms with E-state index >= 15 is 0 Å². The fraction of sp³-hybridized carbons (Fsp3) is 1.00. The van der Waals surface area contributed by atoms with Crippen LogP contribution in [0.2, 0.25) is 0 Å². The number of aliphatic hydroxyl groups excluding tert-OH is 1. The number of β-amino-alcohol motifs (C(OH)–C–C–N with tert-alkyl or cyclic N) is 1. The smallest absolute Gasteiger partial charge is 0.0679 e. The van der Waals surface area contributed by atoms with Crippen LogP contribution in [-0.2, 0) is 0 Å². The van der Waals surface area contributed by atoms with Crippen molar-refractivity contribution in [3.8, 4) is 0 Å². The van der Waals surface area contributed by atoms with E-state index < -0.39 is 0 Å². The van der Waals surface area contributed by atoms with Crippen LogP contribution in [0.15, 0.2) is 0 Å². The van der Waals surface area contributed by atoms with Crippen molar-refractivity contribution < 1.29 is 5.11 Å². The molecular formula is C12H24N2O. The second-order valence-corrected chi connectivity index (χ2v) is 5.14. The standard InChI is InChI=1S/C12H24N2O/c13-8-10-4-2-1-3-5-12(10)14-7-6-11(15)9-14/h10-12,15H,1-9,13H2. The first-order valence-electron chi connectivity index (χ1n) is 6.43. The molecular weight excluding hydrogens is 188 g/mol. The van der Waals surface area contributed by atoms with E-state index in [2.05, 4.69) is 4.90 Å². The van der Waals surface area contributed by atoms with Gasteiger partial charge in [0.05, 0.1) is 6.10 Å². The Morgan fingerprint density at radius 2 is 1.93 bits per heavy atom. The predicted molar refractivity (Wildman–Crippen MR) is 61.6 cm³/mol. The Morgan fingerprint density at radius 3 is 2.60 bits per heavy atom. The summed E-state index contributed by atoms with van der Waals surface area (Å²) in [4.78, 5) is 2.48. The van der Waals surface area contributed by atoms with E-state index in [4.69, 9.17) is 5.73 Å². The zero-order valence-corrected chi connectivity index (χ0v) is 9.57. The van der Waals surface area contributed by atoms with E-state index in [1.165, 1.54) is 32.1 Å². The monoisotopic (exact) mass is 212 g/mol. The summed E-state index contributed by atoms with van der Waals surface area (Å²) in [5, 5.41) is 9.59. The first-order chi connectivity index (χ1) is 7.31. The minimum Gasteiger partial charge on any atom is -0.392 e. The van der Waals surface area contributed by atoms with E-state index in [9.17, 15) is 5.11 Å². The van der Waals surface area contributed by atoms with Crippen molar-refractivity contribution in [3.63, 3.8) is 0 Å². The van der Waals surface area contributed by atoms with Gasteiger partial charge in [-0.25, -0.2) is 0 Å². The molecule has 0 spiro atoms. The zero-order chi connectivity index (χ0) is 10.7. The molecule has 3 nitrogen and oxygen atoms in total. The fourth-order valence-corrected chi connectivity index (χ4v) is 3.19. The van der Waals surface area contributed by atoms with Gasteiger partial charge in [0, 0.05) is 19.1 Å². The highest BCUT2D eigenvalue weighted by molar-refractivity contribution is 4.87. The molecule has 0 aromatic rings. The molecule has 3 unspecified atom stereocenters. The van der Waals surface area contributed by atoms with Crippen molar-refractivity contribution in [2.45, 2.75) is 50.7 Å². The van der Waals surface area contributed by atoms with Gasteiger partial charge in [-0.3, -0.25) is 4.90 Å². The van der Waals surface area contributed by atoms with E-state index in [0.717, 1.165) is 26.1 Å². The molecule has 3 N–H and O–H groups in total. The van der Waals surface area contributed by atoms with Gasteiger partial charge in [0.15, 0.2) is 0 Å². The summed E-state index contributed by atoms with van der Waals surface area (Å²) in [7, 11) is 0. The van der Waals surface area contributed by atoms with E-state index in [1.54, 1.807) is 0 Å². The highest BCUT2D eigenvalue weighted by atomic mass is 16.3. The van der Waals surface area contributed by atoms with Gasteiger partial charge >= 0.3 is 0 Å². The molecule has 0 amide bonds. The normalized spacial score (nSPS) is 39.2. The molecule has 3 atom stereocenters. The van der Waals surface area contributed by atoms with Gasteiger partial charge in [0.2, 0.25) is 0 Å². The lowest BCUT2D eigenvalue weighted by atomic mass is 9.94. The molecule has 1 saturated heterocycles. The van der Waals surface area contributed by atoms with Gasteiger partial charge in [0.1, 0.15) is 0 Å². The second-order valence-electron chi connectivity index (χ2n) is 5.14. The van der Waals surface area contributed by atoms with Crippen molar-refractivity contribution in [2.24, 2.45) is 11.7 Å². The Hall–Kier alpha value is -0.120. The summed E-state index contributed by atoms with van der Waals surface area (Å²) in [6, 6.07) is 0.648. The molecule has 2 rings (SSSR count). The molecule has 0 aromatic heterocycles. The maximum Gasteiger partial charge on any atom is 0.0679 e. The van der Waals surface area contributed by atoms with Crippen molar-refractivity contribution in [1.29, 1.82) is 0 Å². The van der Waals surface area contributed by atoms with Crippen LogP contribution in [-0.4, -0.2) is 41.8 Å². The highest BCUT2D eigenvalue weighted by Crippen LogP contribution is 2.29. The predicted octanol–water partition coefficient (Wildman–Crippen LogP) is 0.961. The number of hydrogen-bond donors (Lipinski definition) is 2. The van der Waals surface area contributed by atoms with Crippen LogP contribution in [0.5, 0.6) is 0 Å². The Bertz CT molecular complexity index is 198. The third-order valence-corrected chi connectivity index (χ3v) is 4.09. The molecule has 2 fully saturated rings. The number of rotatable bonds is 2. The minimum absolute atomic E-state index is 0.0910. The summed E-state index contributed by atoms with van der Waals surface area (Å²) in [6.07, 6.45) is 7.48. The van der Waals surface area contributed by atoms with Crippen LogP contribution < -0.4 is 5.73 Å². The van der Waals surface area contributed by atoms with Crippen LogP contribution in [0.4, 0.5) is 0 Å². The SMILES string of the molecule is NCC1CCCCCC1N1CCC(O)C1. The quantitative estimate of drug-likeness (QED) is 0.670. The van der Waals surface area contributed by atoms with Gasteiger partial charge < -0.3 is 10.8 Å². The van der Waals surface area contributed by atoms with Crippen LogP contribution in [0.25, 0.3) is 0 Å². The van der Waals surface area contributed by atoms with Gasteiger partial charge in [-0.05, 0) is 31.7 Å². The van der Waals surface area contributed by atoms with Gasteiger partial charge in [-0.2, -0.15) is 0 Å². The first kappa shape index (κ1) is 11.4. The molecule has 0 aromatic carbocycles. The molecule has 1 heterocycles. The Labute approximate surface area is 92.6 Å². The molecule has 3 heteroatoms. The third-order valence-electron chi connectivity index (χ3n) is 4.09. The average Bonchev–Trinajstić information content (AvgIpc) is 2.54. The summed E-state index contributed by atoms with van der Waals surface area (Å²) in [5.41, 5.74) is 5.88. The lowest BCUT2D eigenvalue weighted by Gasteiger charge is -2.32. The lowest BCUT2D eigenvalue weighted by molar-refractivity contribution is 0.129. The maximum absolute atomic E-state index is 9.59. The summed E-state index contributed by atoms with van der Waals surface area (Å²) in [6.45, 7) is 2.76. The van der Waals surface area contributed by atoms with Gasteiger partial charge in [-0.1, -0.05) is 19.3 Å². The highest BCUT2D eigenvalue weighted by Gasteiger charge is 2.32. The van der Waals surface area contributed by atoms with Crippen LogP contribution in [0.3, 0.4) is 0 Å². The molecule has 1 aliphatic heterocycles. The summed E-state index contributed by atoms with van der Waals surface area (Å²) < 4.78 is 0. The zero-order valence-electron chi connectivity index (χ0n) is 9.57. The van der Waals surface area contributed by atoms with Crippen molar-refractivity contribution in [2.75, 3.05) is 19.6 Å². The molecule has 0 radical (unpaired) electrons. The Balaban J connectivity index is 1.96. The van der Waals surface area contributed by atoms with Crippen molar-refractivity contribution in [1.82, 2.24) is 4.90 Å². The van der Waals surface area contributed by atoms with E-state index in [1.807, 2.05) is 0 Å². The number of likely N-dealkylation sites (tertiary alicyclic amines) is 1. The number of hydrogen-bond acceptors (Lipinski definition) is 3. The van der Waals surface area contributed by atoms with Gasteiger partial charge in [0.25, 0.3) is 0 Å². The molecule has 0 bridgehead atoms. The fourth-order valence-electron chi connectivity index (χ4n) is 3.19. The van der Waals surface area contributed by atoms with Crippen molar-refractivity contribution in [3.05, 3.63) is 0 Å². The lowest BCUT2D eigenvalue weighted by Crippen LogP contribution is -2.42. The van der Waals surface area contributed by atoms with Crippen LogP contribution in [0, 0.1) is 5.92 Å². The largest absolute Gasteiger partial charge is 0.392 e. The molecule has 2 aliphatic rings. The van der Waals surface area contributed by atoms with Crippen LogP contribution >= 0.6 is 0 Å². The van der Waals surface area contributed by atoms with Crippen molar-refractivity contribution >= 4 is 0 Å². The Morgan fingerprint density at radius 1 is 1.13 bits per heavy atom. The summed E-state index contributed by atoms with van der Waals surface area (Å²) in [5.74, 6) is 0.665. The number of nitrogens with zero attached hydrogens (tertiary/aromatic N) is 1. The van der Waals surface area contributed by atoms with Gasteiger partial charge in [-0.15, -0.1) is 0 Å². The second kappa shape index (κ2) is 5.28. The first-order valence-corrected chi connectivity index (χ1v) is 6.43. The molecule has 1 saturated carbocycles. The van der Waals surface area contributed by atoms with E-state index in [0.29, 0.717) is 12.0 Å². The number of nitrogens with two attached hydrogens (primary N) is 1.